The zero-order chi connectivity index (χ0) is 17.1. The highest BCUT2D eigenvalue weighted by Gasteiger charge is 2.35. The van der Waals surface area contributed by atoms with Gasteiger partial charge < -0.3 is 14.8 Å². The van der Waals surface area contributed by atoms with Crippen LogP contribution in [0.3, 0.4) is 0 Å². The number of carboxylic acids is 1. The zero-order valence-corrected chi connectivity index (χ0v) is 13.6. The first-order valence-electron chi connectivity index (χ1n) is 7.74. The number of benzene rings is 1. The van der Waals surface area contributed by atoms with E-state index < -0.39 is 5.97 Å². The second kappa shape index (κ2) is 7.05. The summed E-state index contributed by atoms with van der Waals surface area (Å²) in [6.45, 7) is 0. The maximum atomic E-state index is 11.9. The van der Waals surface area contributed by atoms with Gasteiger partial charge in [-0.05, 0) is 25.0 Å². The Morgan fingerprint density at radius 3 is 2.79 bits per heavy atom. The van der Waals surface area contributed by atoms with Crippen LogP contribution in [0.5, 0.6) is 0 Å². The number of carboxylic acid groups (broad SMARTS) is 1. The predicted octanol–water partition coefficient (Wildman–Crippen LogP) is 2.91. The van der Waals surface area contributed by atoms with Gasteiger partial charge >= 0.3 is 5.97 Å². The van der Waals surface area contributed by atoms with E-state index in [-0.39, 0.29) is 24.3 Å². The molecule has 1 amide bonds. The van der Waals surface area contributed by atoms with Crippen molar-refractivity contribution in [1.82, 2.24) is 10.3 Å². The van der Waals surface area contributed by atoms with Gasteiger partial charge in [0.25, 0.3) is 0 Å². The molecular formula is C17H17ClN2O4. The number of aryl methyl sites for hydroxylation is 1. The lowest BCUT2D eigenvalue weighted by Gasteiger charge is -2.32. The van der Waals surface area contributed by atoms with Crippen LogP contribution in [0, 0.1) is 5.92 Å². The van der Waals surface area contributed by atoms with Crippen molar-refractivity contribution in [1.29, 1.82) is 0 Å². The fraction of sp³-hybridized carbons (Fsp3) is 0.353. The molecule has 126 valence electrons. The monoisotopic (exact) mass is 348 g/mol. The van der Waals surface area contributed by atoms with Gasteiger partial charge in [0, 0.05) is 24.4 Å². The van der Waals surface area contributed by atoms with E-state index in [1.54, 1.807) is 12.3 Å². The fourth-order valence-electron chi connectivity index (χ4n) is 2.67. The number of halogens is 1. The number of oxazole rings is 1. The Morgan fingerprint density at radius 1 is 1.33 bits per heavy atom. The second-order valence-corrected chi connectivity index (χ2v) is 6.28. The third-order valence-corrected chi connectivity index (χ3v) is 4.44. The lowest BCUT2D eigenvalue weighted by molar-refractivity contribution is -0.146. The van der Waals surface area contributed by atoms with Gasteiger partial charge in [-0.1, -0.05) is 23.7 Å². The molecule has 1 aliphatic rings. The Labute approximate surface area is 143 Å². The molecule has 1 fully saturated rings. The lowest BCUT2D eigenvalue weighted by Crippen LogP contribution is -2.46. The van der Waals surface area contributed by atoms with E-state index in [4.69, 9.17) is 21.1 Å². The normalized spacial score (nSPS) is 19.5. The van der Waals surface area contributed by atoms with Crippen molar-refractivity contribution in [2.45, 2.75) is 31.7 Å². The van der Waals surface area contributed by atoms with Crippen molar-refractivity contribution in [3.05, 3.63) is 41.4 Å². The first kappa shape index (κ1) is 16.5. The molecule has 2 N–H and O–H groups in total. The molecule has 0 aliphatic heterocycles. The van der Waals surface area contributed by atoms with Gasteiger partial charge in [0.05, 0.1) is 17.1 Å². The van der Waals surface area contributed by atoms with Crippen molar-refractivity contribution in [2.75, 3.05) is 0 Å². The molecule has 3 rings (SSSR count). The van der Waals surface area contributed by atoms with Crippen LogP contribution in [0.15, 0.2) is 34.9 Å². The molecule has 2 aromatic rings. The van der Waals surface area contributed by atoms with Gasteiger partial charge in [-0.2, -0.15) is 0 Å². The van der Waals surface area contributed by atoms with Crippen LogP contribution in [-0.4, -0.2) is 28.0 Å². The number of nitrogens with zero attached hydrogens (tertiary/aromatic N) is 1. The number of nitrogens with one attached hydrogen (secondary N) is 1. The predicted molar refractivity (Wildman–Crippen MR) is 87.6 cm³/mol. The van der Waals surface area contributed by atoms with Crippen LogP contribution in [0.4, 0.5) is 0 Å². The first-order valence-corrected chi connectivity index (χ1v) is 8.12. The van der Waals surface area contributed by atoms with E-state index >= 15 is 0 Å². The molecule has 0 bridgehead atoms. The molecule has 6 nitrogen and oxygen atoms in total. The van der Waals surface area contributed by atoms with Crippen LogP contribution in [-0.2, 0) is 16.0 Å². The van der Waals surface area contributed by atoms with E-state index in [0.29, 0.717) is 35.9 Å². The van der Waals surface area contributed by atoms with Crippen molar-refractivity contribution in [2.24, 2.45) is 5.92 Å². The molecule has 1 heterocycles. The Morgan fingerprint density at radius 2 is 2.08 bits per heavy atom. The van der Waals surface area contributed by atoms with Gasteiger partial charge in [-0.3, -0.25) is 9.59 Å². The summed E-state index contributed by atoms with van der Waals surface area (Å²) in [4.78, 5) is 26.8. The zero-order valence-electron chi connectivity index (χ0n) is 12.9. The van der Waals surface area contributed by atoms with E-state index in [0.717, 1.165) is 5.56 Å². The molecule has 0 spiro atoms. The van der Waals surface area contributed by atoms with E-state index in [1.165, 1.54) is 0 Å². The second-order valence-electron chi connectivity index (χ2n) is 5.87. The van der Waals surface area contributed by atoms with Gasteiger partial charge in [0.15, 0.2) is 11.7 Å². The Bertz CT molecular complexity index is 753. The van der Waals surface area contributed by atoms with Gasteiger partial charge in [0.1, 0.15) is 0 Å². The summed E-state index contributed by atoms with van der Waals surface area (Å²) in [6, 6.07) is 7.27. The highest BCUT2D eigenvalue weighted by atomic mass is 35.5. The van der Waals surface area contributed by atoms with Crippen molar-refractivity contribution >= 4 is 23.5 Å². The Kier molecular flexibility index (Phi) is 4.85. The van der Waals surface area contributed by atoms with E-state index in [2.05, 4.69) is 10.3 Å². The molecule has 24 heavy (non-hydrogen) atoms. The SMILES string of the molecule is O=C(CCc1ncc(-c2ccccc2Cl)o1)NC1CC(C(=O)O)C1. The summed E-state index contributed by atoms with van der Waals surface area (Å²) in [5.41, 5.74) is 0.761. The van der Waals surface area contributed by atoms with Crippen LogP contribution in [0.2, 0.25) is 5.02 Å². The highest BCUT2D eigenvalue weighted by Crippen LogP contribution is 2.29. The number of aromatic nitrogens is 1. The average Bonchev–Trinajstić information content (AvgIpc) is 2.97. The van der Waals surface area contributed by atoms with Crippen molar-refractivity contribution < 1.29 is 19.1 Å². The minimum Gasteiger partial charge on any atom is -0.481 e. The standard InChI is InChI=1S/C17H17ClN2O4/c18-13-4-2-1-3-12(13)14-9-19-16(24-14)6-5-15(21)20-11-7-10(8-11)17(22)23/h1-4,9-11H,5-8H2,(H,20,21)(H,22,23). The summed E-state index contributed by atoms with van der Waals surface area (Å²) in [6.07, 6.45) is 3.22. The number of rotatable bonds is 6. The quantitative estimate of drug-likeness (QED) is 0.837. The molecule has 7 heteroatoms. The summed E-state index contributed by atoms with van der Waals surface area (Å²) in [7, 11) is 0. The smallest absolute Gasteiger partial charge is 0.306 e. The van der Waals surface area contributed by atoms with Crippen molar-refractivity contribution in [3.8, 4) is 11.3 Å². The van der Waals surface area contributed by atoms with Crippen molar-refractivity contribution in [3.63, 3.8) is 0 Å². The summed E-state index contributed by atoms with van der Waals surface area (Å²) in [5, 5.41) is 12.2. The minimum atomic E-state index is -0.799. The Balaban J connectivity index is 1.48. The molecule has 1 aliphatic carbocycles. The molecule has 1 saturated carbocycles. The summed E-state index contributed by atoms with van der Waals surface area (Å²) >= 11 is 6.12. The fourth-order valence-corrected chi connectivity index (χ4v) is 2.90. The topological polar surface area (TPSA) is 92.4 Å². The Hall–Kier alpha value is -2.34. The van der Waals surface area contributed by atoms with Gasteiger partial charge in [-0.15, -0.1) is 0 Å². The number of amides is 1. The summed E-state index contributed by atoms with van der Waals surface area (Å²) in [5.74, 6) is -0.217. The highest BCUT2D eigenvalue weighted by molar-refractivity contribution is 6.33. The molecule has 0 unspecified atom stereocenters. The summed E-state index contributed by atoms with van der Waals surface area (Å²) < 4.78 is 5.64. The maximum Gasteiger partial charge on any atom is 0.306 e. The van der Waals surface area contributed by atoms with Gasteiger partial charge in [0.2, 0.25) is 5.91 Å². The molecule has 0 atom stereocenters. The van der Waals surface area contributed by atoms with Crippen LogP contribution in [0.25, 0.3) is 11.3 Å². The third-order valence-electron chi connectivity index (χ3n) is 4.11. The van der Waals surface area contributed by atoms with Crippen LogP contribution >= 0.6 is 11.6 Å². The number of hydrogen-bond acceptors (Lipinski definition) is 4. The van der Waals surface area contributed by atoms with Gasteiger partial charge in [-0.25, -0.2) is 4.98 Å². The van der Waals surface area contributed by atoms with E-state index in [9.17, 15) is 9.59 Å². The van der Waals surface area contributed by atoms with Crippen LogP contribution < -0.4 is 5.32 Å². The van der Waals surface area contributed by atoms with E-state index in [1.807, 2.05) is 18.2 Å². The minimum absolute atomic E-state index is 0.0400. The molecule has 1 aromatic heterocycles. The lowest BCUT2D eigenvalue weighted by atomic mass is 9.80. The molecular weight excluding hydrogens is 332 g/mol. The number of hydrogen-bond donors (Lipinski definition) is 2. The first-order chi connectivity index (χ1) is 11.5. The average molecular weight is 349 g/mol. The number of aliphatic carboxylic acids is 1. The molecule has 1 aromatic carbocycles. The molecule has 0 radical (unpaired) electrons. The maximum absolute atomic E-state index is 11.9. The third kappa shape index (κ3) is 3.76. The largest absolute Gasteiger partial charge is 0.481 e. The van der Waals surface area contributed by atoms with Crippen LogP contribution in [0.1, 0.15) is 25.2 Å². The number of carbonyl (C=O) groups excluding carboxylic acids is 1. The molecule has 0 saturated heterocycles. The number of carbonyl (C=O) groups is 2.